The number of hydrogen-bond acceptors (Lipinski definition) is 7. The number of nitrogen functional groups attached to an aromatic ring is 1. The van der Waals surface area contributed by atoms with Gasteiger partial charge in [-0.25, -0.2) is 15.0 Å². The Labute approximate surface area is 203 Å². The van der Waals surface area contributed by atoms with Crippen molar-refractivity contribution in [3.8, 4) is 28.6 Å². The average molecular weight is 458 g/mol. The summed E-state index contributed by atoms with van der Waals surface area (Å²) in [4.78, 5) is 18.5. The number of fused-ring (bicyclic) bond motifs is 1. The minimum absolute atomic E-state index is 0.0356. The minimum Gasteiger partial charge on any atom is -0.381 e. The van der Waals surface area contributed by atoms with Crippen molar-refractivity contribution < 1.29 is 0 Å². The summed E-state index contributed by atoms with van der Waals surface area (Å²) in [6.45, 7) is 2.57. The fourth-order valence-electron chi connectivity index (χ4n) is 3.94. The number of anilines is 2. The lowest BCUT2D eigenvalue weighted by atomic mass is 10.0. The van der Waals surface area contributed by atoms with E-state index < -0.39 is 0 Å². The summed E-state index contributed by atoms with van der Waals surface area (Å²) >= 11 is 0. The van der Waals surface area contributed by atoms with Gasteiger partial charge in [0.2, 0.25) is 0 Å². The van der Waals surface area contributed by atoms with Gasteiger partial charge in [-0.05, 0) is 30.3 Å². The summed E-state index contributed by atoms with van der Waals surface area (Å²) in [5.74, 6) is 0.865. The highest BCUT2D eigenvalue weighted by Gasteiger charge is 2.17. The molecule has 170 valence electrons. The van der Waals surface area contributed by atoms with E-state index in [0.29, 0.717) is 29.6 Å². The minimum atomic E-state index is 0.0356. The predicted octanol–water partition coefficient (Wildman–Crippen LogP) is 5.42. The first-order valence-electron chi connectivity index (χ1n) is 11.3. The van der Waals surface area contributed by atoms with Crippen LogP contribution in [0.1, 0.15) is 24.2 Å². The molecule has 0 aliphatic rings. The van der Waals surface area contributed by atoms with E-state index in [4.69, 9.17) is 21.0 Å². The van der Waals surface area contributed by atoms with Crippen molar-refractivity contribution in [3.05, 3.63) is 96.4 Å². The van der Waals surface area contributed by atoms with Crippen LogP contribution in [0.25, 0.3) is 33.4 Å². The van der Waals surface area contributed by atoms with E-state index in [9.17, 15) is 0 Å². The Bertz CT molecular complexity index is 1540. The molecule has 0 amide bonds. The van der Waals surface area contributed by atoms with E-state index >= 15 is 0 Å². The van der Waals surface area contributed by atoms with Crippen LogP contribution in [0.2, 0.25) is 0 Å². The van der Waals surface area contributed by atoms with Crippen LogP contribution in [0.3, 0.4) is 0 Å². The van der Waals surface area contributed by atoms with Gasteiger partial charge in [-0.15, -0.1) is 0 Å². The number of nitriles is 1. The summed E-state index contributed by atoms with van der Waals surface area (Å²) in [6, 6.07) is 27.4. The molecule has 7 heteroatoms. The fraction of sp³-hybridized carbons (Fsp3) is 0.107. The lowest BCUT2D eigenvalue weighted by Crippen LogP contribution is -2.15. The first kappa shape index (κ1) is 22.0. The monoisotopic (exact) mass is 457 g/mol. The van der Waals surface area contributed by atoms with Crippen LogP contribution >= 0.6 is 0 Å². The summed E-state index contributed by atoms with van der Waals surface area (Å²) < 4.78 is 0. The lowest BCUT2D eigenvalue weighted by molar-refractivity contribution is 0.767. The maximum atomic E-state index is 9.15. The standard InChI is InChI=1S/C28H23N7/c1-18(23-11-5-10-22(16-29)33-23)17-32-28-27(30)34-25(19-7-3-2-4-8-19)26(35-28)21-12-13-24-20(15-21)9-6-14-31-24/h2-15,18H,17H2,1H3,(H2,30,34)(H,32,35). The third kappa shape index (κ3) is 4.63. The Balaban J connectivity index is 1.53. The van der Waals surface area contributed by atoms with Crippen LogP contribution in [-0.2, 0) is 0 Å². The molecular weight excluding hydrogens is 434 g/mol. The SMILES string of the molecule is CC(CNc1nc(-c2ccc3ncccc3c2)c(-c2ccccc2)nc1N)c1cccc(C#N)n1. The molecule has 3 aromatic heterocycles. The number of aromatic nitrogens is 4. The van der Waals surface area contributed by atoms with Gasteiger partial charge in [-0.2, -0.15) is 5.26 Å². The van der Waals surface area contributed by atoms with Crippen molar-refractivity contribution in [2.75, 3.05) is 17.6 Å². The zero-order valence-electron chi connectivity index (χ0n) is 19.2. The molecule has 3 N–H and O–H groups in total. The average Bonchev–Trinajstić information content (AvgIpc) is 2.92. The molecule has 1 atom stereocenters. The van der Waals surface area contributed by atoms with Crippen LogP contribution in [-0.4, -0.2) is 26.5 Å². The van der Waals surface area contributed by atoms with E-state index in [0.717, 1.165) is 33.4 Å². The molecule has 0 spiro atoms. The van der Waals surface area contributed by atoms with Gasteiger partial charge in [-0.3, -0.25) is 4.98 Å². The molecule has 5 rings (SSSR count). The van der Waals surface area contributed by atoms with Crippen molar-refractivity contribution >= 4 is 22.5 Å². The van der Waals surface area contributed by atoms with Crippen LogP contribution in [0.15, 0.2) is 85.1 Å². The van der Waals surface area contributed by atoms with Gasteiger partial charge in [0.15, 0.2) is 11.6 Å². The van der Waals surface area contributed by atoms with E-state index in [1.54, 1.807) is 12.3 Å². The highest BCUT2D eigenvalue weighted by Crippen LogP contribution is 2.33. The number of nitrogens with two attached hydrogens (primary N) is 1. The molecule has 3 heterocycles. The van der Waals surface area contributed by atoms with Gasteiger partial charge in [0.05, 0.1) is 16.9 Å². The quantitative estimate of drug-likeness (QED) is 0.350. The predicted molar refractivity (Wildman–Crippen MR) is 138 cm³/mol. The maximum absolute atomic E-state index is 9.15. The van der Waals surface area contributed by atoms with Gasteiger partial charge in [0.25, 0.3) is 0 Å². The van der Waals surface area contributed by atoms with Crippen LogP contribution < -0.4 is 11.1 Å². The molecule has 0 saturated carbocycles. The van der Waals surface area contributed by atoms with Gasteiger partial charge in [0.1, 0.15) is 11.8 Å². The second kappa shape index (κ2) is 9.57. The topological polar surface area (TPSA) is 113 Å². The van der Waals surface area contributed by atoms with Crippen LogP contribution in [0.4, 0.5) is 11.6 Å². The third-order valence-electron chi connectivity index (χ3n) is 5.81. The first-order chi connectivity index (χ1) is 17.1. The molecule has 1 unspecified atom stereocenters. The smallest absolute Gasteiger partial charge is 0.169 e. The van der Waals surface area contributed by atoms with Crippen molar-refractivity contribution in [2.24, 2.45) is 0 Å². The summed E-state index contributed by atoms with van der Waals surface area (Å²) in [5, 5.41) is 13.5. The van der Waals surface area contributed by atoms with E-state index in [2.05, 4.69) is 27.4 Å². The summed E-state index contributed by atoms with van der Waals surface area (Å²) in [6.07, 6.45) is 1.78. The molecule has 0 fully saturated rings. The molecule has 35 heavy (non-hydrogen) atoms. The lowest BCUT2D eigenvalue weighted by Gasteiger charge is -2.17. The highest BCUT2D eigenvalue weighted by atomic mass is 15.1. The zero-order chi connectivity index (χ0) is 24.2. The Morgan fingerprint density at radius 3 is 2.54 bits per heavy atom. The van der Waals surface area contributed by atoms with Gasteiger partial charge < -0.3 is 11.1 Å². The number of nitrogens with one attached hydrogen (secondary N) is 1. The molecule has 0 aliphatic heterocycles. The van der Waals surface area contributed by atoms with Crippen LogP contribution in [0, 0.1) is 11.3 Å². The largest absolute Gasteiger partial charge is 0.381 e. The molecule has 0 bridgehead atoms. The van der Waals surface area contributed by atoms with Gasteiger partial charge >= 0.3 is 0 Å². The number of hydrogen-bond donors (Lipinski definition) is 2. The Morgan fingerprint density at radius 2 is 1.71 bits per heavy atom. The molecule has 0 saturated heterocycles. The third-order valence-corrected chi connectivity index (χ3v) is 5.81. The van der Waals surface area contributed by atoms with Crippen LogP contribution in [0.5, 0.6) is 0 Å². The van der Waals surface area contributed by atoms with Crippen molar-refractivity contribution in [1.29, 1.82) is 5.26 Å². The number of nitrogens with zero attached hydrogens (tertiary/aromatic N) is 5. The Morgan fingerprint density at radius 1 is 0.886 bits per heavy atom. The van der Waals surface area contributed by atoms with Crippen molar-refractivity contribution in [3.63, 3.8) is 0 Å². The van der Waals surface area contributed by atoms with E-state index in [1.165, 1.54) is 0 Å². The van der Waals surface area contributed by atoms with E-state index in [1.807, 2.05) is 73.7 Å². The zero-order valence-corrected chi connectivity index (χ0v) is 19.2. The highest BCUT2D eigenvalue weighted by molar-refractivity contribution is 5.88. The normalized spacial score (nSPS) is 11.7. The second-order valence-corrected chi connectivity index (χ2v) is 8.27. The number of benzene rings is 2. The summed E-state index contributed by atoms with van der Waals surface area (Å²) in [5.41, 5.74) is 11.8. The number of pyridine rings is 2. The molecular formula is C28H23N7. The Kier molecular flexibility index (Phi) is 6.01. The molecule has 7 nitrogen and oxygen atoms in total. The maximum Gasteiger partial charge on any atom is 0.169 e. The van der Waals surface area contributed by atoms with Gasteiger partial charge in [0, 0.05) is 40.9 Å². The molecule has 0 aliphatic carbocycles. The van der Waals surface area contributed by atoms with E-state index in [-0.39, 0.29) is 5.92 Å². The molecule has 0 radical (unpaired) electrons. The first-order valence-corrected chi connectivity index (χ1v) is 11.3. The fourth-order valence-corrected chi connectivity index (χ4v) is 3.94. The second-order valence-electron chi connectivity index (χ2n) is 8.27. The molecule has 2 aromatic carbocycles. The summed E-state index contributed by atoms with van der Waals surface area (Å²) in [7, 11) is 0. The number of rotatable bonds is 6. The Hall–Kier alpha value is -4.83. The molecule has 5 aromatic rings. The van der Waals surface area contributed by atoms with Crippen molar-refractivity contribution in [1.82, 2.24) is 19.9 Å². The van der Waals surface area contributed by atoms with Gasteiger partial charge in [-0.1, -0.05) is 55.5 Å². The van der Waals surface area contributed by atoms with Crippen molar-refractivity contribution in [2.45, 2.75) is 12.8 Å².